The standard InChI is InChI=1S/C21H13N5S/c22-10-14-4-1-3-13-9-15(11-23)21(25-19(13)14)26(16-7-8-16)18-6-2-5-17-20(18)27-12-24-17/h1-6,9,12,16H,7-8H2. The van der Waals surface area contributed by atoms with Crippen LogP contribution in [0.15, 0.2) is 48.0 Å². The molecule has 0 atom stereocenters. The van der Waals surface area contributed by atoms with Gasteiger partial charge < -0.3 is 4.90 Å². The van der Waals surface area contributed by atoms with Crippen molar-refractivity contribution in [2.24, 2.45) is 0 Å². The molecule has 2 aromatic heterocycles. The van der Waals surface area contributed by atoms with Crippen LogP contribution in [-0.2, 0) is 0 Å². The third-order valence-corrected chi connectivity index (χ3v) is 5.67. The van der Waals surface area contributed by atoms with E-state index in [9.17, 15) is 10.5 Å². The predicted molar refractivity (Wildman–Crippen MR) is 106 cm³/mol. The van der Waals surface area contributed by atoms with Gasteiger partial charge in [-0.25, -0.2) is 9.97 Å². The Balaban J connectivity index is 1.80. The molecule has 2 heterocycles. The molecule has 0 aliphatic heterocycles. The molecule has 0 amide bonds. The predicted octanol–water partition coefficient (Wildman–Crippen LogP) is 4.89. The minimum absolute atomic E-state index is 0.309. The minimum atomic E-state index is 0.309. The van der Waals surface area contributed by atoms with Gasteiger partial charge in [0.25, 0.3) is 0 Å². The molecule has 0 saturated heterocycles. The highest BCUT2D eigenvalue weighted by molar-refractivity contribution is 7.17. The zero-order chi connectivity index (χ0) is 18.4. The third kappa shape index (κ3) is 2.51. The Labute approximate surface area is 159 Å². The summed E-state index contributed by atoms with van der Waals surface area (Å²) >= 11 is 1.59. The van der Waals surface area contributed by atoms with Gasteiger partial charge in [0.15, 0.2) is 5.82 Å². The van der Waals surface area contributed by atoms with Crippen molar-refractivity contribution in [3.8, 4) is 12.1 Å². The Morgan fingerprint density at radius 2 is 1.85 bits per heavy atom. The number of anilines is 2. The van der Waals surface area contributed by atoms with Crippen LogP contribution in [0.2, 0.25) is 0 Å². The van der Waals surface area contributed by atoms with Crippen molar-refractivity contribution in [3.63, 3.8) is 0 Å². The summed E-state index contributed by atoms with van der Waals surface area (Å²) in [6.07, 6.45) is 2.11. The maximum atomic E-state index is 9.78. The smallest absolute Gasteiger partial charge is 0.152 e. The van der Waals surface area contributed by atoms with Gasteiger partial charge in [0, 0.05) is 11.4 Å². The van der Waals surface area contributed by atoms with Crippen molar-refractivity contribution >= 4 is 44.0 Å². The number of hydrogen-bond donors (Lipinski definition) is 0. The molecule has 1 aliphatic carbocycles. The Morgan fingerprint density at radius 1 is 1.04 bits per heavy atom. The van der Waals surface area contributed by atoms with Gasteiger partial charge in [-0.05, 0) is 37.1 Å². The molecule has 1 saturated carbocycles. The normalized spacial score (nSPS) is 13.4. The van der Waals surface area contributed by atoms with Crippen molar-refractivity contribution in [2.45, 2.75) is 18.9 Å². The van der Waals surface area contributed by atoms with Gasteiger partial charge in [0.2, 0.25) is 0 Å². The van der Waals surface area contributed by atoms with Crippen molar-refractivity contribution in [1.82, 2.24) is 9.97 Å². The number of pyridine rings is 1. The molecule has 0 spiro atoms. The van der Waals surface area contributed by atoms with Crippen LogP contribution in [0.1, 0.15) is 24.0 Å². The summed E-state index contributed by atoms with van der Waals surface area (Å²) in [5.41, 5.74) is 5.48. The van der Waals surface area contributed by atoms with Gasteiger partial charge in [-0.15, -0.1) is 11.3 Å². The maximum absolute atomic E-state index is 9.78. The van der Waals surface area contributed by atoms with Crippen molar-refractivity contribution in [2.75, 3.05) is 4.90 Å². The lowest BCUT2D eigenvalue weighted by Gasteiger charge is -2.25. The minimum Gasteiger partial charge on any atom is -0.321 e. The van der Waals surface area contributed by atoms with Gasteiger partial charge in [-0.3, -0.25) is 0 Å². The Morgan fingerprint density at radius 3 is 2.63 bits per heavy atom. The maximum Gasteiger partial charge on any atom is 0.152 e. The molecular formula is C21H13N5S. The van der Waals surface area contributed by atoms with Gasteiger partial charge in [-0.1, -0.05) is 18.2 Å². The lowest BCUT2D eigenvalue weighted by molar-refractivity contribution is 0.950. The second kappa shape index (κ2) is 6.05. The fourth-order valence-electron chi connectivity index (χ4n) is 3.42. The van der Waals surface area contributed by atoms with Crippen molar-refractivity contribution in [1.29, 1.82) is 10.5 Å². The summed E-state index contributed by atoms with van der Waals surface area (Å²) < 4.78 is 1.09. The van der Waals surface area contributed by atoms with E-state index in [2.05, 4.69) is 28.1 Å². The number of para-hydroxylation sites is 1. The highest BCUT2D eigenvalue weighted by Gasteiger charge is 2.34. The van der Waals surface area contributed by atoms with E-state index in [1.807, 2.05) is 35.8 Å². The van der Waals surface area contributed by atoms with Crippen LogP contribution in [0.25, 0.3) is 21.1 Å². The van der Waals surface area contributed by atoms with Crippen LogP contribution in [0, 0.1) is 22.7 Å². The van der Waals surface area contributed by atoms with E-state index >= 15 is 0 Å². The number of hydrogen-bond acceptors (Lipinski definition) is 6. The lowest BCUT2D eigenvalue weighted by atomic mass is 10.1. The molecule has 1 aliphatic rings. The number of aromatic nitrogens is 2. The van der Waals surface area contributed by atoms with Gasteiger partial charge in [0.05, 0.1) is 38.1 Å². The van der Waals surface area contributed by atoms with Crippen molar-refractivity contribution < 1.29 is 0 Å². The fraction of sp³-hybridized carbons (Fsp3) is 0.143. The monoisotopic (exact) mass is 367 g/mol. The summed E-state index contributed by atoms with van der Waals surface area (Å²) in [4.78, 5) is 11.4. The summed E-state index contributed by atoms with van der Waals surface area (Å²) in [6.45, 7) is 0. The van der Waals surface area contributed by atoms with E-state index in [1.165, 1.54) is 0 Å². The Hall–Kier alpha value is -3.48. The number of rotatable bonds is 3. The molecule has 0 bridgehead atoms. The third-order valence-electron chi connectivity index (χ3n) is 4.80. The van der Waals surface area contributed by atoms with Crippen LogP contribution >= 0.6 is 11.3 Å². The second-order valence-corrected chi connectivity index (χ2v) is 7.39. The van der Waals surface area contributed by atoms with E-state index in [0.717, 1.165) is 34.1 Å². The van der Waals surface area contributed by atoms with E-state index in [-0.39, 0.29) is 0 Å². The first-order valence-corrected chi connectivity index (χ1v) is 9.53. The highest BCUT2D eigenvalue weighted by Crippen LogP contribution is 2.43. The zero-order valence-electron chi connectivity index (χ0n) is 14.3. The average molecular weight is 367 g/mol. The van der Waals surface area contributed by atoms with Crippen LogP contribution in [0.5, 0.6) is 0 Å². The van der Waals surface area contributed by atoms with Gasteiger partial charge >= 0.3 is 0 Å². The van der Waals surface area contributed by atoms with Crippen LogP contribution < -0.4 is 4.90 Å². The molecule has 6 heteroatoms. The Bertz CT molecular complexity index is 1270. The molecule has 128 valence electrons. The molecule has 5 rings (SSSR count). The van der Waals surface area contributed by atoms with Crippen molar-refractivity contribution in [3.05, 3.63) is 59.1 Å². The molecule has 0 unspecified atom stereocenters. The van der Waals surface area contributed by atoms with Crippen LogP contribution in [-0.4, -0.2) is 16.0 Å². The first kappa shape index (κ1) is 15.7. The molecule has 0 radical (unpaired) electrons. The number of thiazole rings is 1. The average Bonchev–Trinajstić information content (AvgIpc) is 3.42. The summed E-state index contributed by atoms with van der Waals surface area (Å²) in [6, 6.07) is 18.2. The lowest BCUT2D eigenvalue weighted by Crippen LogP contribution is -2.22. The SMILES string of the molecule is N#Cc1cc2cccc(C#N)c2nc1N(c1cccc2ncsc12)C1CC1. The van der Waals surface area contributed by atoms with Crippen LogP contribution in [0.4, 0.5) is 11.5 Å². The summed E-state index contributed by atoms with van der Waals surface area (Å²) in [7, 11) is 0. The summed E-state index contributed by atoms with van der Waals surface area (Å²) in [5.74, 6) is 0.621. The molecule has 4 aromatic rings. The molecular weight excluding hydrogens is 354 g/mol. The van der Waals surface area contributed by atoms with E-state index in [4.69, 9.17) is 4.98 Å². The van der Waals surface area contributed by atoms with E-state index in [0.29, 0.717) is 28.5 Å². The largest absolute Gasteiger partial charge is 0.321 e. The quantitative estimate of drug-likeness (QED) is 0.515. The number of fused-ring (bicyclic) bond motifs is 2. The first-order chi connectivity index (χ1) is 13.3. The van der Waals surface area contributed by atoms with E-state index in [1.54, 1.807) is 17.4 Å². The number of nitrogens with zero attached hydrogens (tertiary/aromatic N) is 5. The fourth-order valence-corrected chi connectivity index (χ4v) is 4.22. The molecule has 5 nitrogen and oxygen atoms in total. The molecule has 2 aromatic carbocycles. The molecule has 0 N–H and O–H groups in total. The Kier molecular flexibility index (Phi) is 3.53. The highest BCUT2D eigenvalue weighted by atomic mass is 32.1. The van der Waals surface area contributed by atoms with Crippen LogP contribution in [0.3, 0.4) is 0 Å². The second-order valence-electron chi connectivity index (χ2n) is 6.54. The van der Waals surface area contributed by atoms with E-state index < -0.39 is 0 Å². The first-order valence-electron chi connectivity index (χ1n) is 8.65. The van der Waals surface area contributed by atoms with Gasteiger partial charge in [-0.2, -0.15) is 10.5 Å². The topological polar surface area (TPSA) is 76.6 Å². The van der Waals surface area contributed by atoms with Gasteiger partial charge in [0.1, 0.15) is 12.1 Å². The molecule has 1 fully saturated rings. The zero-order valence-corrected chi connectivity index (χ0v) is 15.1. The number of nitriles is 2. The number of benzene rings is 2. The molecule has 27 heavy (non-hydrogen) atoms. The summed E-state index contributed by atoms with van der Waals surface area (Å²) in [5, 5.41) is 20.1.